The van der Waals surface area contributed by atoms with Crippen LogP contribution < -0.4 is 11.1 Å². The van der Waals surface area contributed by atoms with Crippen LogP contribution in [0.1, 0.15) is 33.6 Å². The van der Waals surface area contributed by atoms with Crippen molar-refractivity contribution in [2.75, 3.05) is 33.4 Å². The predicted octanol–water partition coefficient (Wildman–Crippen LogP) is -0.602. The van der Waals surface area contributed by atoms with Crippen LogP contribution in [0.15, 0.2) is 0 Å². The van der Waals surface area contributed by atoms with E-state index >= 15 is 0 Å². The number of carbonyl (C=O) groups is 2. The second kappa shape index (κ2) is 8.87. The first-order valence-corrected chi connectivity index (χ1v) is 6.69. The minimum absolute atomic E-state index is 0.0288. The van der Waals surface area contributed by atoms with Crippen LogP contribution in [0.2, 0.25) is 0 Å². The number of rotatable bonds is 8. The third kappa shape index (κ3) is 8.56. The number of hydrogen-bond donors (Lipinski definition) is 2. The van der Waals surface area contributed by atoms with Gasteiger partial charge in [0.2, 0.25) is 11.8 Å². The van der Waals surface area contributed by atoms with E-state index in [1.807, 2.05) is 20.8 Å². The molecule has 0 heterocycles. The van der Waals surface area contributed by atoms with Crippen LogP contribution in [-0.2, 0) is 14.3 Å². The maximum atomic E-state index is 11.8. The van der Waals surface area contributed by atoms with Crippen LogP contribution in [0.25, 0.3) is 0 Å². The zero-order valence-electron chi connectivity index (χ0n) is 12.6. The molecule has 0 bridgehead atoms. The van der Waals surface area contributed by atoms with Crippen molar-refractivity contribution >= 4 is 11.8 Å². The van der Waals surface area contributed by atoms with Gasteiger partial charge >= 0.3 is 0 Å². The van der Waals surface area contributed by atoms with Gasteiger partial charge in [-0.05, 0) is 20.8 Å². The molecule has 0 atom stereocenters. The van der Waals surface area contributed by atoms with Crippen molar-refractivity contribution in [2.45, 2.75) is 39.2 Å². The van der Waals surface area contributed by atoms with Gasteiger partial charge in [-0.2, -0.15) is 0 Å². The van der Waals surface area contributed by atoms with E-state index in [0.29, 0.717) is 39.1 Å². The second-order valence-corrected chi connectivity index (χ2v) is 5.44. The molecule has 0 saturated heterocycles. The summed E-state index contributed by atoms with van der Waals surface area (Å²) in [4.78, 5) is 24.9. The number of carbonyl (C=O) groups excluding carboxylic acids is 2. The topological polar surface area (TPSA) is 86.3 Å². The summed E-state index contributed by atoms with van der Waals surface area (Å²) in [5, 5.41) is 2.71. The van der Waals surface area contributed by atoms with Gasteiger partial charge in [0.15, 0.2) is 0 Å². The molecular weight excluding hydrogens is 246 g/mol. The highest BCUT2D eigenvalue weighted by Gasteiger charge is 2.21. The molecule has 0 rings (SSSR count). The molecule has 0 aromatic heterocycles. The van der Waals surface area contributed by atoms with Gasteiger partial charge in [-0.3, -0.25) is 9.59 Å². The number of nitrogens with one attached hydrogen (secondary N) is 1. The first-order valence-electron chi connectivity index (χ1n) is 6.69. The van der Waals surface area contributed by atoms with Crippen LogP contribution in [0, 0.1) is 0 Å². The van der Waals surface area contributed by atoms with Crippen molar-refractivity contribution in [1.29, 1.82) is 0 Å². The largest absolute Gasteiger partial charge is 0.375 e. The van der Waals surface area contributed by atoms with E-state index in [4.69, 9.17) is 4.74 Å². The Morgan fingerprint density at radius 3 is 2.37 bits per heavy atom. The number of hydrogen-bond acceptors (Lipinski definition) is 3. The highest BCUT2D eigenvalue weighted by Crippen LogP contribution is 2.11. The fraction of sp³-hybridized carbons (Fsp3) is 0.846. The van der Waals surface area contributed by atoms with E-state index in [0.717, 1.165) is 0 Å². The van der Waals surface area contributed by atoms with E-state index in [9.17, 15) is 9.59 Å². The molecule has 0 spiro atoms. The van der Waals surface area contributed by atoms with Gasteiger partial charge in [0.1, 0.15) is 0 Å². The molecule has 0 radical (unpaired) electrons. The summed E-state index contributed by atoms with van der Waals surface area (Å²) in [6.45, 7) is 7.97. The zero-order valence-corrected chi connectivity index (χ0v) is 12.6. The highest BCUT2D eigenvalue weighted by molar-refractivity contribution is 5.79. The molecule has 0 aliphatic carbocycles. The lowest BCUT2D eigenvalue weighted by Crippen LogP contribution is -2.52. The molecule has 0 unspecified atom stereocenters. The fourth-order valence-corrected chi connectivity index (χ4v) is 1.31. The Hall–Kier alpha value is -1.14. The quantitative estimate of drug-likeness (QED) is 0.579. The van der Waals surface area contributed by atoms with Crippen molar-refractivity contribution in [3.63, 3.8) is 0 Å². The summed E-state index contributed by atoms with van der Waals surface area (Å²) in [5.74, 6) is -0.0589. The Morgan fingerprint density at radius 2 is 1.84 bits per heavy atom. The van der Waals surface area contributed by atoms with Crippen LogP contribution >= 0.6 is 0 Å². The Balaban J connectivity index is 3.73. The summed E-state index contributed by atoms with van der Waals surface area (Å²) in [5.41, 5.74) is 3.45. The first kappa shape index (κ1) is 17.9. The van der Waals surface area contributed by atoms with Crippen molar-refractivity contribution in [3.8, 4) is 0 Å². The molecule has 0 fully saturated rings. The molecule has 4 N–H and O–H groups in total. The van der Waals surface area contributed by atoms with Crippen LogP contribution in [-0.4, -0.2) is 55.6 Å². The Kier molecular flexibility index (Phi) is 8.34. The second-order valence-electron chi connectivity index (χ2n) is 5.44. The standard InChI is InChI=1S/C13H27N3O3/c1-13(2,3)16(4)12(18)5-8-15-11(17)6-9-19-10-7-14/h5-10,14H2,1-4H3,(H,15,17)/p+1. The lowest BCUT2D eigenvalue weighted by Gasteiger charge is -2.32. The lowest BCUT2D eigenvalue weighted by atomic mass is 10.1. The maximum absolute atomic E-state index is 11.8. The summed E-state index contributed by atoms with van der Waals surface area (Å²) in [7, 11) is 1.77. The predicted molar refractivity (Wildman–Crippen MR) is 73.3 cm³/mol. The first-order chi connectivity index (χ1) is 8.79. The molecule has 6 heteroatoms. The van der Waals surface area contributed by atoms with Gasteiger partial charge in [-0.15, -0.1) is 0 Å². The number of amides is 2. The highest BCUT2D eigenvalue weighted by atomic mass is 16.5. The van der Waals surface area contributed by atoms with Gasteiger partial charge in [0, 0.05) is 32.0 Å². The smallest absolute Gasteiger partial charge is 0.224 e. The van der Waals surface area contributed by atoms with Gasteiger partial charge in [0.05, 0.1) is 19.8 Å². The molecule has 0 aliphatic heterocycles. The van der Waals surface area contributed by atoms with Crippen LogP contribution in [0.5, 0.6) is 0 Å². The monoisotopic (exact) mass is 274 g/mol. The van der Waals surface area contributed by atoms with E-state index in [-0.39, 0.29) is 17.4 Å². The fourth-order valence-electron chi connectivity index (χ4n) is 1.31. The average Bonchev–Trinajstić information content (AvgIpc) is 2.32. The summed E-state index contributed by atoms with van der Waals surface area (Å²) in [6.07, 6.45) is 0.641. The Labute approximate surface area is 115 Å². The van der Waals surface area contributed by atoms with E-state index in [2.05, 4.69) is 11.1 Å². The zero-order chi connectivity index (χ0) is 14.9. The van der Waals surface area contributed by atoms with E-state index < -0.39 is 0 Å². The lowest BCUT2D eigenvalue weighted by molar-refractivity contribution is -0.374. The third-order valence-electron chi connectivity index (χ3n) is 2.80. The van der Waals surface area contributed by atoms with Crippen molar-refractivity contribution in [3.05, 3.63) is 0 Å². The molecule has 112 valence electrons. The molecular formula is C13H28N3O3+. The molecule has 19 heavy (non-hydrogen) atoms. The maximum Gasteiger partial charge on any atom is 0.224 e. The van der Waals surface area contributed by atoms with Crippen LogP contribution in [0.3, 0.4) is 0 Å². The number of nitrogens with zero attached hydrogens (tertiary/aromatic N) is 1. The minimum Gasteiger partial charge on any atom is -0.375 e. The van der Waals surface area contributed by atoms with Crippen molar-refractivity contribution in [1.82, 2.24) is 10.2 Å². The molecule has 0 aromatic carbocycles. The molecule has 0 aromatic rings. The van der Waals surface area contributed by atoms with Crippen molar-refractivity contribution in [2.24, 2.45) is 0 Å². The summed E-state index contributed by atoms with van der Waals surface area (Å²) < 4.78 is 5.17. The van der Waals surface area contributed by atoms with Crippen molar-refractivity contribution < 1.29 is 20.1 Å². The third-order valence-corrected chi connectivity index (χ3v) is 2.80. The Bertz CT molecular complexity index is 287. The number of quaternary nitrogens is 1. The SMILES string of the molecule is CN(C(=O)CCNC(=O)CCOCC[NH3+])C(C)(C)C. The molecule has 0 saturated carbocycles. The Morgan fingerprint density at radius 1 is 1.21 bits per heavy atom. The average molecular weight is 274 g/mol. The van der Waals surface area contributed by atoms with Gasteiger partial charge in [0.25, 0.3) is 0 Å². The normalized spacial score (nSPS) is 11.2. The van der Waals surface area contributed by atoms with E-state index in [1.54, 1.807) is 11.9 Å². The molecule has 0 aliphatic rings. The van der Waals surface area contributed by atoms with E-state index in [1.165, 1.54) is 0 Å². The van der Waals surface area contributed by atoms with Gasteiger partial charge in [-0.25, -0.2) is 0 Å². The van der Waals surface area contributed by atoms with Gasteiger partial charge in [-0.1, -0.05) is 0 Å². The summed E-state index contributed by atoms with van der Waals surface area (Å²) >= 11 is 0. The molecule has 6 nitrogen and oxygen atoms in total. The minimum atomic E-state index is -0.191. The van der Waals surface area contributed by atoms with Crippen LogP contribution in [0.4, 0.5) is 0 Å². The summed E-state index contributed by atoms with van der Waals surface area (Å²) in [6, 6.07) is 0. The number of ether oxygens (including phenoxy) is 1. The van der Waals surface area contributed by atoms with Gasteiger partial charge < -0.3 is 20.7 Å². The molecule has 2 amide bonds.